The summed E-state index contributed by atoms with van der Waals surface area (Å²) in [5.74, 6) is 5.76. The van der Waals surface area contributed by atoms with E-state index in [1.165, 1.54) is 16.6 Å². The zero-order valence-electron chi connectivity index (χ0n) is 11.9. The summed E-state index contributed by atoms with van der Waals surface area (Å²) in [6.45, 7) is 6.74. The van der Waals surface area contributed by atoms with Crippen LogP contribution >= 0.6 is 11.6 Å². The van der Waals surface area contributed by atoms with Crippen LogP contribution in [0.1, 0.15) is 27.2 Å². The molecular weight excluding hydrogens is 300 g/mol. The average molecular weight is 321 g/mol. The summed E-state index contributed by atoms with van der Waals surface area (Å²) in [4.78, 5) is 3.98. The largest absolute Gasteiger partial charge is 0.307 e. The third kappa shape index (κ3) is 3.82. The smallest absolute Gasteiger partial charge is 0.244 e. The molecule has 0 fully saturated rings. The molecule has 1 aromatic rings. The summed E-state index contributed by atoms with van der Waals surface area (Å²) in [6, 6.07) is 1.36. The Bertz CT molecular complexity index is 550. The van der Waals surface area contributed by atoms with Gasteiger partial charge in [0.25, 0.3) is 0 Å². The molecule has 0 aliphatic carbocycles. The minimum atomic E-state index is -3.59. The lowest BCUT2D eigenvalue weighted by Crippen LogP contribution is -2.34. The summed E-state index contributed by atoms with van der Waals surface area (Å²) in [5, 5.41) is 0.174. The quantitative estimate of drug-likeness (QED) is 0.593. The van der Waals surface area contributed by atoms with Crippen molar-refractivity contribution in [2.75, 3.05) is 18.5 Å². The Morgan fingerprint density at radius 2 is 2.15 bits per heavy atom. The molecule has 0 aliphatic rings. The van der Waals surface area contributed by atoms with Crippen molar-refractivity contribution in [1.82, 2.24) is 9.29 Å². The van der Waals surface area contributed by atoms with Gasteiger partial charge >= 0.3 is 0 Å². The van der Waals surface area contributed by atoms with Crippen molar-refractivity contribution in [3.63, 3.8) is 0 Å². The van der Waals surface area contributed by atoms with E-state index in [1.807, 2.05) is 20.8 Å². The normalized spacial score (nSPS) is 13.5. The molecule has 20 heavy (non-hydrogen) atoms. The summed E-state index contributed by atoms with van der Waals surface area (Å²) in [7, 11) is -3.59. The first kappa shape index (κ1) is 17.2. The summed E-state index contributed by atoms with van der Waals surface area (Å²) >= 11 is 5.93. The number of aromatic nitrogens is 1. The number of hydrogen-bond donors (Lipinski definition) is 2. The third-order valence-corrected chi connectivity index (χ3v) is 5.35. The summed E-state index contributed by atoms with van der Waals surface area (Å²) in [6.07, 6.45) is 2.18. The molecular formula is C12H21ClN4O2S. The molecule has 1 aromatic heterocycles. The fourth-order valence-corrected chi connectivity index (χ4v) is 3.52. The third-order valence-electron chi connectivity index (χ3n) is 3.16. The van der Waals surface area contributed by atoms with Gasteiger partial charge in [0.2, 0.25) is 10.0 Å². The fraction of sp³-hybridized carbons (Fsp3) is 0.583. The molecule has 6 nitrogen and oxygen atoms in total. The molecule has 114 valence electrons. The molecule has 0 spiro atoms. The van der Waals surface area contributed by atoms with Gasteiger partial charge in [-0.05, 0) is 12.0 Å². The molecule has 0 aliphatic heterocycles. The van der Waals surface area contributed by atoms with Gasteiger partial charge in [0, 0.05) is 19.3 Å². The SMILES string of the molecule is CCC(C)CN(CC)S(=O)(=O)c1cnc(NN)c(Cl)c1. The van der Waals surface area contributed by atoms with Crippen LogP contribution in [0.3, 0.4) is 0 Å². The van der Waals surface area contributed by atoms with Crippen LogP contribution in [0.15, 0.2) is 17.2 Å². The predicted octanol–water partition coefficient (Wildman–Crippen LogP) is 2.08. The van der Waals surface area contributed by atoms with Gasteiger partial charge in [0.05, 0.1) is 5.02 Å². The highest BCUT2D eigenvalue weighted by Gasteiger charge is 2.25. The van der Waals surface area contributed by atoms with E-state index in [-0.39, 0.29) is 21.7 Å². The highest BCUT2D eigenvalue weighted by Crippen LogP contribution is 2.24. The van der Waals surface area contributed by atoms with Crippen LogP contribution in [-0.2, 0) is 10.0 Å². The molecule has 1 atom stereocenters. The van der Waals surface area contributed by atoms with E-state index in [4.69, 9.17) is 17.4 Å². The van der Waals surface area contributed by atoms with Crippen molar-refractivity contribution in [3.8, 4) is 0 Å². The number of nitrogens with one attached hydrogen (secondary N) is 1. The Hall–Kier alpha value is -0.890. The first-order valence-corrected chi connectivity index (χ1v) is 8.30. The molecule has 3 N–H and O–H groups in total. The topological polar surface area (TPSA) is 88.3 Å². The molecule has 1 heterocycles. The van der Waals surface area contributed by atoms with Crippen LogP contribution < -0.4 is 11.3 Å². The van der Waals surface area contributed by atoms with Crippen molar-refractivity contribution in [3.05, 3.63) is 17.3 Å². The van der Waals surface area contributed by atoms with Crippen molar-refractivity contribution in [2.45, 2.75) is 32.1 Å². The van der Waals surface area contributed by atoms with Crippen LogP contribution in [0.5, 0.6) is 0 Å². The van der Waals surface area contributed by atoms with Gasteiger partial charge in [0.1, 0.15) is 4.90 Å². The van der Waals surface area contributed by atoms with Gasteiger partial charge in [-0.1, -0.05) is 38.8 Å². The van der Waals surface area contributed by atoms with Crippen LogP contribution in [0.2, 0.25) is 5.02 Å². The number of nitrogen functional groups attached to an aromatic ring is 1. The van der Waals surface area contributed by atoms with Crippen molar-refractivity contribution in [1.29, 1.82) is 0 Å². The first-order chi connectivity index (χ1) is 9.36. The number of hydrazine groups is 1. The lowest BCUT2D eigenvalue weighted by atomic mass is 10.1. The fourth-order valence-electron chi connectivity index (χ4n) is 1.69. The Kier molecular flexibility index (Phi) is 6.19. The second-order valence-corrected chi connectivity index (χ2v) is 6.96. The zero-order chi connectivity index (χ0) is 15.3. The highest BCUT2D eigenvalue weighted by molar-refractivity contribution is 7.89. The van der Waals surface area contributed by atoms with Gasteiger partial charge in [-0.2, -0.15) is 4.31 Å². The van der Waals surface area contributed by atoms with E-state index < -0.39 is 10.0 Å². The lowest BCUT2D eigenvalue weighted by Gasteiger charge is -2.23. The van der Waals surface area contributed by atoms with Crippen LogP contribution in [-0.4, -0.2) is 30.8 Å². The van der Waals surface area contributed by atoms with Crippen molar-refractivity contribution < 1.29 is 8.42 Å². The molecule has 8 heteroatoms. The van der Waals surface area contributed by atoms with E-state index in [0.29, 0.717) is 13.1 Å². The first-order valence-electron chi connectivity index (χ1n) is 6.49. The standard InChI is InChI=1S/C12H21ClN4O2S/c1-4-9(3)8-17(5-2)20(18,19)10-6-11(13)12(16-14)15-7-10/h6-7,9H,4-5,8,14H2,1-3H3,(H,15,16). The van der Waals surface area contributed by atoms with Crippen molar-refractivity contribution >= 4 is 27.4 Å². The number of pyridine rings is 1. The molecule has 1 unspecified atom stereocenters. The molecule has 0 radical (unpaired) electrons. The molecule has 0 bridgehead atoms. The maximum Gasteiger partial charge on any atom is 0.244 e. The predicted molar refractivity (Wildman–Crippen MR) is 80.9 cm³/mol. The lowest BCUT2D eigenvalue weighted by molar-refractivity contribution is 0.361. The monoisotopic (exact) mass is 320 g/mol. The number of halogens is 1. The Labute approximate surface area is 125 Å². The van der Waals surface area contributed by atoms with Crippen LogP contribution in [0.4, 0.5) is 5.82 Å². The second kappa shape index (κ2) is 7.21. The molecule has 1 rings (SSSR count). The number of nitrogens with two attached hydrogens (primary N) is 1. The van der Waals surface area contributed by atoms with Gasteiger partial charge in [-0.3, -0.25) is 0 Å². The van der Waals surface area contributed by atoms with Crippen LogP contribution in [0, 0.1) is 5.92 Å². The number of sulfonamides is 1. The van der Waals surface area contributed by atoms with E-state index in [2.05, 4.69) is 10.4 Å². The molecule has 0 aromatic carbocycles. The summed E-state index contributed by atoms with van der Waals surface area (Å²) in [5.41, 5.74) is 2.31. The minimum absolute atomic E-state index is 0.0756. The molecule has 0 saturated heterocycles. The van der Waals surface area contributed by atoms with Gasteiger partial charge in [0.15, 0.2) is 5.82 Å². The summed E-state index contributed by atoms with van der Waals surface area (Å²) < 4.78 is 26.5. The van der Waals surface area contributed by atoms with E-state index >= 15 is 0 Å². The highest BCUT2D eigenvalue weighted by atomic mass is 35.5. The van der Waals surface area contributed by atoms with Gasteiger partial charge in [-0.15, -0.1) is 0 Å². The van der Waals surface area contributed by atoms with Gasteiger partial charge < -0.3 is 5.43 Å². The Morgan fingerprint density at radius 3 is 2.60 bits per heavy atom. The Balaban J connectivity index is 3.10. The maximum atomic E-state index is 12.5. The Morgan fingerprint density at radius 1 is 1.50 bits per heavy atom. The second-order valence-electron chi connectivity index (χ2n) is 4.61. The maximum absolute atomic E-state index is 12.5. The number of hydrogen-bond acceptors (Lipinski definition) is 5. The average Bonchev–Trinajstić information content (AvgIpc) is 2.43. The zero-order valence-corrected chi connectivity index (χ0v) is 13.5. The van der Waals surface area contributed by atoms with E-state index in [1.54, 1.807) is 0 Å². The molecule has 0 amide bonds. The number of rotatable bonds is 7. The molecule has 0 saturated carbocycles. The van der Waals surface area contributed by atoms with Crippen molar-refractivity contribution in [2.24, 2.45) is 11.8 Å². The minimum Gasteiger partial charge on any atom is -0.307 e. The number of anilines is 1. The number of nitrogens with zero attached hydrogens (tertiary/aromatic N) is 2. The van der Waals surface area contributed by atoms with Gasteiger partial charge in [-0.25, -0.2) is 19.2 Å². The van der Waals surface area contributed by atoms with E-state index in [9.17, 15) is 8.42 Å². The van der Waals surface area contributed by atoms with Crippen LogP contribution in [0.25, 0.3) is 0 Å². The van der Waals surface area contributed by atoms with E-state index in [0.717, 1.165) is 6.42 Å².